The molecule has 1 aliphatic heterocycles. The van der Waals surface area contributed by atoms with Gasteiger partial charge in [0.1, 0.15) is 0 Å². The van der Waals surface area contributed by atoms with Crippen LogP contribution in [0.1, 0.15) is 47.8 Å². The van der Waals surface area contributed by atoms with Crippen molar-refractivity contribution < 1.29 is 31.5 Å². The maximum Gasteiger partial charge on any atom is 0.417 e. The van der Waals surface area contributed by atoms with Gasteiger partial charge in [-0.25, -0.2) is 8.42 Å². The number of nitrogens with one attached hydrogen (secondary N) is 1. The number of hydrogen-bond acceptors (Lipinski definition) is 5. The summed E-state index contributed by atoms with van der Waals surface area (Å²) in [7, 11) is -4.11. The minimum Gasteiger partial charge on any atom is -0.481 e. The zero-order valence-electron chi connectivity index (χ0n) is 19.0. The van der Waals surface area contributed by atoms with Gasteiger partial charge in [0.25, 0.3) is 0 Å². The summed E-state index contributed by atoms with van der Waals surface area (Å²) in [6, 6.07) is 4.58. The zero-order valence-corrected chi connectivity index (χ0v) is 19.8. The van der Waals surface area contributed by atoms with Crippen molar-refractivity contribution in [2.24, 2.45) is 5.92 Å². The lowest BCUT2D eigenvalue weighted by molar-refractivity contribution is -0.144. The van der Waals surface area contributed by atoms with Crippen LogP contribution >= 0.6 is 0 Å². The van der Waals surface area contributed by atoms with Gasteiger partial charge in [0.2, 0.25) is 10.0 Å². The number of hydrogen-bond donors (Lipinski definition) is 2. The normalized spacial score (nSPS) is 25.8. The van der Waals surface area contributed by atoms with E-state index in [-0.39, 0.29) is 29.6 Å². The minimum atomic E-state index is -4.54. The number of halogens is 3. The number of benzene rings is 1. The predicted molar refractivity (Wildman–Crippen MR) is 118 cm³/mol. The van der Waals surface area contributed by atoms with Gasteiger partial charge in [-0.1, -0.05) is 13.0 Å². The van der Waals surface area contributed by atoms with Crippen LogP contribution in [-0.2, 0) is 32.8 Å². The molecular weight excluding hydrogens is 471 g/mol. The number of sulfonamides is 1. The second kappa shape index (κ2) is 8.31. The molecule has 2 N–H and O–H groups in total. The molecule has 7 nitrogen and oxygen atoms in total. The number of aliphatic carboxylic acids is 1. The van der Waals surface area contributed by atoms with E-state index in [1.54, 1.807) is 32.9 Å². The highest BCUT2D eigenvalue weighted by Gasteiger charge is 2.49. The number of carbonyl (C=O) groups is 1. The molecule has 11 heteroatoms. The molecule has 1 aromatic heterocycles. The van der Waals surface area contributed by atoms with Crippen LogP contribution in [0.25, 0.3) is 0 Å². The van der Waals surface area contributed by atoms with Gasteiger partial charge >= 0.3 is 12.1 Å². The van der Waals surface area contributed by atoms with Crippen molar-refractivity contribution in [2.45, 2.75) is 49.7 Å². The Kier molecular flexibility index (Phi) is 6.02. The zero-order chi connectivity index (χ0) is 25.1. The number of alkyl halides is 3. The molecule has 1 aromatic carbocycles. The summed E-state index contributed by atoms with van der Waals surface area (Å²) in [4.78, 5) is 16.1. The quantitative estimate of drug-likeness (QED) is 0.673. The van der Waals surface area contributed by atoms with Crippen LogP contribution in [0.3, 0.4) is 0 Å². The highest BCUT2D eigenvalue weighted by atomic mass is 32.2. The van der Waals surface area contributed by atoms with Crippen LogP contribution in [-0.4, -0.2) is 48.4 Å². The Balaban J connectivity index is 1.79. The molecule has 1 fully saturated rings. The lowest BCUT2D eigenvalue weighted by Crippen LogP contribution is -2.49. The highest BCUT2D eigenvalue weighted by Crippen LogP contribution is 2.47. The Hall–Kier alpha value is -2.50. The molecule has 2 aromatic rings. The fraction of sp³-hybridized carbons (Fsp3) is 0.478. The van der Waals surface area contributed by atoms with E-state index in [1.807, 2.05) is 0 Å². The third-order valence-corrected chi connectivity index (χ3v) is 9.06. The predicted octanol–water partition coefficient (Wildman–Crippen LogP) is 3.28. The Morgan fingerprint density at radius 1 is 1.29 bits per heavy atom. The SMILES string of the molecule is Cc1cc2c(c(S(=O)(=O)N3CCNCC3c3ccc(C(F)(F)F)cn3)c1)C[C@@H](C)[C@@]2(C)C(=O)O. The fourth-order valence-electron chi connectivity index (χ4n) is 4.91. The van der Waals surface area contributed by atoms with Gasteiger partial charge in [-0.15, -0.1) is 0 Å². The van der Waals surface area contributed by atoms with Crippen molar-refractivity contribution in [2.75, 3.05) is 19.6 Å². The van der Waals surface area contributed by atoms with Crippen molar-refractivity contribution >= 4 is 16.0 Å². The molecule has 2 heterocycles. The van der Waals surface area contributed by atoms with Crippen LogP contribution in [0.15, 0.2) is 35.4 Å². The minimum absolute atomic E-state index is 0.0538. The van der Waals surface area contributed by atoms with Crippen LogP contribution in [0.2, 0.25) is 0 Å². The van der Waals surface area contributed by atoms with Crippen molar-refractivity contribution in [3.63, 3.8) is 0 Å². The lowest BCUT2D eigenvalue weighted by Gasteiger charge is -2.35. The Labute approximate surface area is 196 Å². The molecule has 1 unspecified atom stereocenters. The largest absolute Gasteiger partial charge is 0.481 e. The average molecular weight is 498 g/mol. The average Bonchev–Trinajstić information content (AvgIpc) is 3.04. The maximum absolute atomic E-state index is 13.9. The second-order valence-corrected chi connectivity index (χ2v) is 11.1. The highest BCUT2D eigenvalue weighted by molar-refractivity contribution is 7.89. The molecule has 34 heavy (non-hydrogen) atoms. The third-order valence-electron chi connectivity index (χ3n) is 7.09. The number of aromatic nitrogens is 1. The van der Waals surface area contributed by atoms with Crippen molar-refractivity contribution in [3.05, 3.63) is 58.4 Å². The third kappa shape index (κ3) is 3.89. The van der Waals surface area contributed by atoms with Crippen molar-refractivity contribution in [3.8, 4) is 0 Å². The first-order chi connectivity index (χ1) is 15.8. The van der Waals surface area contributed by atoms with Gasteiger partial charge in [-0.05, 0) is 61.1 Å². The molecular formula is C23H26F3N3O4S. The first kappa shape index (κ1) is 24.6. The smallest absolute Gasteiger partial charge is 0.417 e. The van der Waals surface area contributed by atoms with E-state index in [9.17, 15) is 31.5 Å². The van der Waals surface area contributed by atoms with E-state index in [1.165, 1.54) is 10.4 Å². The molecule has 0 saturated carbocycles. The summed E-state index contributed by atoms with van der Waals surface area (Å²) < 4.78 is 68.0. The molecule has 1 saturated heterocycles. The van der Waals surface area contributed by atoms with Crippen molar-refractivity contribution in [1.29, 1.82) is 0 Å². The number of piperazine rings is 1. The first-order valence-corrected chi connectivity index (χ1v) is 12.3. The molecule has 0 bridgehead atoms. The van der Waals surface area contributed by atoms with E-state index in [0.29, 0.717) is 35.9 Å². The number of pyridine rings is 1. The van der Waals surface area contributed by atoms with Crippen LogP contribution < -0.4 is 5.32 Å². The van der Waals surface area contributed by atoms with E-state index in [2.05, 4.69) is 10.3 Å². The Morgan fingerprint density at radius 3 is 2.59 bits per heavy atom. The summed E-state index contributed by atoms with van der Waals surface area (Å²) in [5.41, 5.74) is -0.322. The molecule has 0 radical (unpaired) electrons. The summed E-state index contributed by atoms with van der Waals surface area (Å²) in [6.45, 7) is 5.78. The van der Waals surface area contributed by atoms with E-state index >= 15 is 0 Å². The van der Waals surface area contributed by atoms with Gasteiger partial charge in [0.05, 0.1) is 27.6 Å². The number of nitrogens with zero attached hydrogens (tertiary/aromatic N) is 2. The van der Waals surface area contributed by atoms with Crippen LogP contribution in [0, 0.1) is 12.8 Å². The van der Waals surface area contributed by atoms with Crippen LogP contribution in [0.5, 0.6) is 0 Å². The first-order valence-electron chi connectivity index (χ1n) is 10.9. The van der Waals surface area contributed by atoms with E-state index in [4.69, 9.17) is 0 Å². The molecule has 0 spiro atoms. The van der Waals surface area contributed by atoms with Gasteiger partial charge in [-0.3, -0.25) is 9.78 Å². The lowest BCUT2D eigenvalue weighted by atomic mass is 9.77. The fourth-order valence-corrected chi connectivity index (χ4v) is 6.85. The van der Waals surface area contributed by atoms with Gasteiger partial charge in [0.15, 0.2) is 0 Å². The van der Waals surface area contributed by atoms with Crippen molar-refractivity contribution in [1.82, 2.24) is 14.6 Å². The summed E-state index contributed by atoms with van der Waals surface area (Å²) in [5, 5.41) is 13.0. The second-order valence-electron chi connectivity index (χ2n) is 9.21. The molecule has 4 rings (SSSR count). The van der Waals surface area contributed by atoms with Crippen LogP contribution in [0.4, 0.5) is 13.2 Å². The molecule has 184 valence electrons. The molecule has 0 amide bonds. The summed E-state index contributed by atoms with van der Waals surface area (Å²) >= 11 is 0. The standard InChI is InChI=1S/C23H26F3N3O4S/c1-13-8-17-16(10-14(2)22(17,3)21(30)31)20(9-13)34(32,33)29-7-6-27-12-19(29)18-5-4-15(11-28-18)23(24,25)26/h4-5,8-9,11,14,19,27H,6-7,10,12H2,1-3H3,(H,30,31)/t14-,19?,22-/m1/s1. The topological polar surface area (TPSA) is 99.6 Å². The maximum atomic E-state index is 13.9. The monoisotopic (exact) mass is 497 g/mol. The number of aryl methyl sites for hydroxylation is 1. The van der Waals surface area contributed by atoms with Gasteiger partial charge < -0.3 is 10.4 Å². The molecule has 3 atom stereocenters. The number of carboxylic acids is 1. The van der Waals surface area contributed by atoms with Gasteiger partial charge in [-0.2, -0.15) is 17.5 Å². The summed E-state index contributed by atoms with van der Waals surface area (Å²) in [6.07, 6.45) is -3.54. The van der Waals surface area contributed by atoms with Gasteiger partial charge in [0, 0.05) is 25.8 Å². The number of carboxylic acid groups (broad SMARTS) is 1. The number of fused-ring (bicyclic) bond motifs is 1. The molecule has 1 aliphatic carbocycles. The Bertz CT molecular complexity index is 1230. The number of rotatable bonds is 4. The summed E-state index contributed by atoms with van der Waals surface area (Å²) in [5.74, 6) is -1.33. The van der Waals surface area contributed by atoms with E-state index in [0.717, 1.165) is 6.07 Å². The molecule has 2 aliphatic rings. The van der Waals surface area contributed by atoms with E-state index < -0.39 is 39.2 Å². The Morgan fingerprint density at radius 2 is 2.00 bits per heavy atom.